The molecule has 3 nitrogen and oxygen atoms in total. The molecular weight excluding hydrogens is 264 g/mol. The molecule has 0 aliphatic heterocycles. The maximum atomic E-state index is 11.5. The summed E-state index contributed by atoms with van der Waals surface area (Å²) in [6.45, 7) is 2.03. The third-order valence-electron chi connectivity index (χ3n) is 3.60. The average Bonchev–Trinajstić information content (AvgIpc) is 2.53. The molecule has 21 heavy (non-hydrogen) atoms. The van der Waals surface area contributed by atoms with E-state index >= 15 is 0 Å². The Kier molecular flexibility index (Phi) is 4.99. The molecule has 0 saturated heterocycles. The number of hydrogen-bond acceptors (Lipinski definition) is 3. The van der Waals surface area contributed by atoms with E-state index in [1.807, 2.05) is 49.4 Å². The molecule has 2 rings (SSSR count). The molecule has 2 aromatic carbocycles. The Hall–Kier alpha value is -2.29. The first-order chi connectivity index (χ1) is 10.2. The van der Waals surface area contributed by atoms with Crippen molar-refractivity contribution in [1.82, 2.24) is 0 Å². The summed E-state index contributed by atoms with van der Waals surface area (Å²) in [5.41, 5.74) is 3.20. The molecule has 1 atom stereocenters. The lowest BCUT2D eigenvalue weighted by molar-refractivity contribution is -0.109. The van der Waals surface area contributed by atoms with Gasteiger partial charge in [0.15, 0.2) is 0 Å². The Bertz CT molecular complexity index is 602. The van der Waals surface area contributed by atoms with Crippen LogP contribution in [0.5, 0.6) is 11.5 Å². The van der Waals surface area contributed by atoms with E-state index in [2.05, 4.69) is 0 Å². The quantitative estimate of drug-likeness (QED) is 0.761. The van der Waals surface area contributed by atoms with Crippen LogP contribution in [0.15, 0.2) is 42.5 Å². The van der Waals surface area contributed by atoms with Crippen LogP contribution in [0, 0.1) is 6.92 Å². The number of rotatable bonds is 6. The second-order valence-electron chi connectivity index (χ2n) is 5.04. The van der Waals surface area contributed by atoms with Crippen LogP contribution < -0.4 is 9.47 Å². The van der Waals surface area contributed by atoms with Crippen molar-refractivity contribution in [2.45, 2.75) is 19.3 Å². The highest BCUT2D eigenvalue weighted by molar-refractivity contribution is 5.63. The molecule has 3 heteroatoms. The third kappa shape index (κ3) is 3.63. The SMILES string of the molecule is COc1ccc(CC(C=O)c2ccc(C)cc2)c(OC)c1. The van der Waals surface area contributed by atoms with Gasteiger partial charge in [-0.3, -0.25) is 0 Å². The van der Waals surface area contributed by atoms with E-state index in [-0.39, 0.29) is 5.92 Å². The third-order valence-corrected chi connectivity index (χ3v) is 3.60. The second-order valence-corrected chi connectivity index (χ2v) is 5.04. The number of benzene rings is 2. The van der Waals surface area contributed by atoms with E-state index in [0.717, 1.165) is 28.9 Å². The summed E-state index contributed by atoms with van der Waals surface area (Å²) in [6, 6.07) is 13.7. The van der Waals surface area contributed by atoms with Gasteiger partial charge in [-0.2, -0.15) is 0 Å². The molecule has 0 amide bonds. The molecule has 0 radical (unpaired) electrons. The highest BCUT2D eigenvalue weighted by atomic mass is 16.5. The molecule has 0 bridgehead atoms. The van der Waals surface area contributed by atoms with E-state index in [4.69, 9.17) is 9.47 Å². The van der Waals surface area contributed by atoms with Crippen LogP contribution in [0.1, 0.15) is 22.6 Å². The van der Waals surface area contributed by atoms with Gasteiger partial charge in [-0.15, -0.1) is 0 Å². The van der Waals surface area contributed by atoms with Crippen molar-refractivity contribution in [3.63, 3.8) is 0 Å². The Morgan fingerprint density at radius 2 is 1.76 bits per heavy atom. The van der Waals surface area contributed by atoms with E-state index in [0.29, 0.717) is 6.42 Å². The Morgan fingerprint density at radius 1 is 1.05 bits per heavy atom. The Labute approximate surface area is 125 Å². The van der Waals surface area contributed by atoms with Crippen molar-refractivity contribution in [2.24, 2.45) is 0 Å². The molecule has 0 N–H and O–H groups in total. The summed E-state index contributed by atoms with van der Waals surface area (Å²) in [4.78, 5) is 11.5. The van der Waals surface area contributed by atoms with Gasteiger partial charge in [0, 0.05) is 12.0 Å². The molecule has 0 fully saturated rings. The number of carbonyl (C=O) groups excluding carboxylic acids is 1. The van der Waals surface area contributed by atoms with Crippen LogP contribution in [0.25, 0.3) is 0 Å². The van der Waals surface area contributed by atoms with Gasteiger partial charge in [0.1, 0.15) is 17.8 Å². The minimum absolute atomic E-state index is 0.173. The molecule has 0 spiro atoms. The summed E-state index contributed by atoms with van der Waals surface area (Å²) in [6.07, 6.45) is 1.61. The van der Waals surface area contributed by atoms with E-state index in [9.17, 15) is 4.79 Å². The lowest BCUT2D eigenvalue weighted by Crippen LogP contribution is -2.06. The fourth-order valence-electron chi connectivity index (χ4n) is 2.32. The van der Waals surface area contributed by atoms with Gasteiger partial charge in [0.05, 0.1) is 14.2 Å². The Balaban J connectivity index is 2.26. The Morgan fingerprint density at radius 3 is 2.33 bits per heavy atom. The van der Waals surface area contributed by atoms with Crippen LogP contribution in [0.2, 0.25) is 0 Å². The molecule has 0 aliphatic carbocycles. The van der Waals surface area contributed by atoms with Crippen LogP contribution in [-0.4, -0.2) is 20.5 Å². The van der Waals surface area contributed by atoms with Crippen molar-refractivity contribution in [2.75, 3.05) is 14.2 Å². The van der Waals surface area contributed by atoms with Crippen LogP contribution in [0.3, 0.4) is 0 Å². The fraction of sp³-hybridized carbons (Fsp3) is 0.278. The number of methoxy groups -OCH3 is 2. The zero-order valence-electron chi connectivity index (χ0n) is 12.6. The molecule has 1 unspecified atom stereocenters. The van der Waals surface area contributed by atoms with Crippen LogP contribution in [0.4, 0.5) is 0 Å². The van der Waals surface area contributed by atoms with E-state index < -0.39 is 0 Å². The standard InChI is InChI=1S/C18H20O3/c1-13-4-6-14(7-5-13)16(12-19)10-15-8-9-17(20-2)11-18(15)21-3/h4-9,11-12,16H,10H2,1-3H3. The topological polar surface area (TPSA) is 35.5 Å². The molecule has 110 valence electrons. The zero-order valence-corrected chi connectivity index (χ0v) is 12.6. The first-order valence-electron chi connectivity index (χ1n) is 6.90. The zero-order chi connectivity index (χ0) is 15.2. The van der Waals surface area contributed by atoms with Gasteiger partial charge in [0.2, 0.25) is 0 Å². The lowest BCUT2D eigenvalue weighted by Gasteiger charge is -2.15. The first kappa shape index (κ1) is 15.1. The monoisotopic (exact) mass is 284 g/mol. The summed E-state index contributed by atoms with van der Waals surface area (Å²) in [5.74, 6) is 1.31. The molecule has 0 saturated carbocycles. The highest BCUT2D eigenvalue weighted by Gasteiger charge is 2.14. The van der Waals surface area contributed by atoms with Crippen LogP contribution >= 0.6 is 0 Å². The predicted molar refractivity (Wildman–Crippen MR) is 83.2 cm³/mol. The minimum Gasteiger partial charge on any atom is -0.497 e. The fourth-order valence-corrected chi connectivity index (χ4v) is 2.32. The van der Waals surface area contributed by atoms with Gasteiger partial charge >= 0.3 is 0 Å². The lowest BCUT2D eigenvalue weighted by atomic mass is 9.92. The highest BCUT2D eigenvalue weighted by Crippen LogP contribution is 2.29. The van der Waals surface area contributed by atoms with Gasteiger partial charge in [-0.1, -0.05) is 35.9 Å². The number of aryl methyl sites for hydroxylation is 1. The van der Waals surface area contributed by atoms with E-state index in [1.165, 1.54) is 5.56 Å². The molecule has 0 aromatic heterocycles. The van der Waals surface area contributed by atoms with Crippen molar-refractivity contribution in [3.8, 4) is 11.5 Å². The van der Waals surface area contributed by atoms with Gasteiger partial charge in [0.25, 0.3) is 0 Å². The summed E-state index contributed by atoms with van der Waals surface area (Å²) in [5, 5.41) is 0. The largest absolute Gasteiger partial charge is 0.497 e. The smallest absolute Gasteiger partial charge is 0.127 e. The number of hydrogen-bond donors (Lipinski definition) is 0. The number of ether oxygens (including phenoxy) is 2. The maximum Gasteiger partial charge on any atom is 0.127 e. The van der Waals surface area contributed by atoms with Crippen LogP contribution in [-0.2, 0) is 11.2 Å². The second kappa shape index (κ2) is 6.93. The average molecular weight is 284 g/mol. The maximum absolute atomic E-state index is 11.5. The predicted octanol–water partition coefficient (Wildman–Crippen LogP) is 3.54. The summed E-state index contributed by atoms with van der Waals surface area (Å²) < 4.78 is 10.6. The minimum atomic E-state index is -0.173. The molecule has 2 aromatic rings. The summed E-state index contributed by atoms with van der Waals surface area (Å²) >= 11 is 0. The van der Waals surface area contributed by atoms with Gasteiger partial charge in [-0.25, -0.2) is 0 Å². The van der Waals surface area contributed by atoms with Crippen molar-refractivity contribution >= 4 is 6.29 Å². The van der Waals surface area contributed by atoms with Gasteiger partial charge in [-0.05, 0) is 30.5 Å². The van der Waals surface area contributed by atoms with Gasteiger partial charge < -0.3 is 14.3 Å². The van der Waals surface area contributed by atoms with Crippen molar-refractivity contribution in [1.29, 1.82) is 0 Å². The first-order valence-corrected chi connectivity index (χ1v) is 6.90. The molecule has 0 heterocycles. The van der Waals surface area contributed by atoms with Crippen molar-refractivity contribution < 1.29 is 14.3 Å². The van der Waals surface area contributed by atoms with Crippen molar-refractivity contribution in [3.05, 3.63) is 59.2 Å². The number of carbonyl (C=O) groups is 1. The van der Waals surface area contributed by atoms with E-state index in [1.54, 1.807) is 14.2 Å². The molecule has 0 aliphatic rings. The molecular formula is C18H20O3. The number of aldehydes is 1. The summed E-state index contributed by atoms with van der Waals surface area (Å²) in [7, 11) is 3.25. The normalized spacial score (nSPS) is 11.8.